The number of nitrogens with two attached hydrogens (primary N) is 1. The second kappa shape index (κ2) is 7.49. The van der Waals surface area contributed by atoms with Crippen LogP contribution in [-0.4, -0.2) is 37.7 Å². The molecule has 0 bridgehead atoms. The lowest BCUT2D eigenvalue weighted by Crippen LogP contribution is -2.44. The largest absolute Gasteiger partial charge is 0.375 e. The maximum absolute atomic E-state index is 14.0. The maximum Gasteiger partial charge on any atom is 0.238 e. The molecule has 1 aliphatic rings. The average Bonchev–Trinajstić information content (AvgIpc) is 2.48. The van der Waals surface area contributed by atoms with E-state index in [2.05, 4.69) is 17.6 Å². The molecule has 2 atom stereocenters. The molecule has 0 radical (unpaired) electrons. The third kappa shape index (κ3) is 4.49. The number of benzene rings is 1. The van der Waals surface area contributed by atoms with Gasteiger partial charge in [-0.15, -0.1) is 0 Å². The molecule has 1 fully saturated rings. The molecule has 6 heteroatoms. The Kier molecular flexibility index (Phi) is 5.67. The molecule has 4 N–H and O–H groups in total. The number of hydrogen-bond acceptors (Lipinski definition) is 4. The predicted molar refractivity (Wildman–Crippen MR) is 79.6 cm³/mol. The average molecular weight is 295 g/mol. The topological polar surface area (TPSA) is 76.4 Å². The summed E-state index contributed by atoms with van der Waals surface area (Å²) in [7, 11) is 0. The number of rotatable bonds is 5. The summed E-state index contributed by atoms with van der Waals surface area (Å²) in [5, 5.41) is 5.97. The number of carbonyl (C=O) groups is 1. The number of morpholine rings is 1. The lowest BCUT2D eigenvalue weighted by molar-refractivity contribution is -0.114. The van der Waals surface area contributed by atoms with Gasteiger partial charge in [-0.3, -0.25) is 4.79 Å². The van der Waals surface area contributed by atoms with Crippen LogP contribution in [0, 0.1) is 5.82 Å². The molecule has 1 saturated heterocycles. The maximum atomic E-state index is 14.0. The molecule has 21 heavy (non-hydrogen) atoms. The highest BCUT2D eigenvalue weighted by Gasteiger charge is 2.19. The molecule has 0 unspecified atom stereocenters. The Morgan fingerprint density at radius 2 is 2.38 bits per heavy atom. The van der Waals surface area contributed by atoms with Crippen molar-refractivity contribution in [1.82, 2.24) is 5.32 Å². The molecular weight excluding hydrogens is 273 g/mol. The second-order valence-corrected chi connectivity index (χ2v) is 5.32. The van der Waals surface area contributed by atoms with E-state index >= 15 is 0 Å². The Morgan fingerprint density at radius 3 is 3.05 bits per heavy atom. The van der Waals surface area contributed by atoms with Crippen molar-refractivity contribution in [2.24, 2.45) is 5.73 Å². The van der Waals surface area contributed by atoms with Crippen LogP contribution in [0.5, 0.6) is 0 Å². The number of ether oxygens (including phenoxy) is 1. The van der Waals surface area contributed by atoms with Crippen molar-refractivity contribution in [3.8, 4) is 0 Å². The highest BCUT2D eigenvalue weighted by Crippen LogP contribution is 2.22. The zero-order valence-corrected chi connectivity index (χ0v) is 12.2. The molecule has 116 valence electrons. The summed E-state index contributed by atoms with van der Waals surface area (Å²) in [6.45, 7) is 3.37. The van der Waals surface area contributed by atoms with Crippen molar-refractivity contribution in [2.75, 3.05) is 25.0 Å². The van der Waals surface area contributed by atoms with Gasteiger partial charge in [0, 0.05) is 23.8 Å². The van der Waals surface area contributed by atoms with Crippen LogP contribution in [0.1, 0.15) is 18.9 Å². The molecule has 1 aromatic rings. The molecular formula is C15H22FN3O2. The van der Waals surface area contributed by atoms with Gasteiger partial charge in [-0.25, -0.2) is 4.39 Å². The predicted octanol–water partition coefficient (Wildman–Crippen LogP) is 1.03. The van der Waals surface area contributed by atoms with Crippen molar-refractivity contribution in [3.63, 3.8) is 0 Å². The molecule has 1 aliphatic heterocycles. The standard InChI is InChI=1S/C15H22FN3O2/c1-10-9-21-11(8-18-10)5-6-12-13(16)3-2-4-14(12)19-15(20)7-17/h2-4,10-11,18H,5-9,17H2,1H3,(H,19,20)/t10-,11-/m1/s1. The first kappa shape index (κ1) is 15.9. The van der Waals surface area contributed by atoms with Gasteiger partial charge >= 0.3 is 0 Å². The van der Waals surface area contributed by atoms with E-state index in [1.165, 1.54) is 6.07 Å². The minimum Gasteiger partial charge on any atom is -0.375 e. The molecule has 1 amide bonds. The van der Waals surface area contributed by atoms with Crippen LogP contribution < -0.4 is 16.4 Å². The number of hydrogen-bond donors (Lipinski definition) is 3. The quantitative estimate of drug-likeness (QED) is 0.758. The minimum absolute atomic E-state index is 0.0684. The Labute approximate surface area is 124 Å². The highest BCUT2D eigenvalue weighted by molar-refractivity contribution is 5.92. The van der Waals surface area contributed by atoms with Gasteiger partial charge in [-0.2, -0.15) is 0 Å². The monoisotopic (exact) mass is 295 g/mol. The summed E-state index contributed by atoms with van der Waals surface area (Å²) in [5.74, 6) is -0.645. The fourth-order valence-corrected chi connectivity index (χ4v) is 2.35. The van der Waals surface area contributed by atoms with Crippen LogP contribution in [0.3, 0.4) is 0 Å². The molecule has 0 aromatic heterocycles. The van der Waals surface area contributed by atoms with Gasteiger partial charge in [0.15, 0.2) is 0 Å². The van der Waals surface area contributed by atoms with E-state index in [0.717, 1.165) is 6.54 Å². The summed E-state index contributed by atoms with van der Waals surface area (Å²) in [6.07, 6.45) is 1.28. The zero-order valence-electron chi connectivity index (χ0n) is 12.2. The van der Waals surface area contributed by atoms with Gasteiger partial charge < -0.3 is 21.1 Å². The van der Waals surface area contributed by atoms with Crippen molar-refractivity contribution < 1.29 is 13.9 Å². The SMILES string of the molecule is C[C@@H]1CO[C@H](CCc2c(F)cccc2NC(=O)CN)CN1. The van der Waals surface area contributed by atoms with E-state index < -0.39 is 0 Å². The summed E-state index contributed by atoms with van der Waals surface area (Å²) >= 11 is 0. The van der Waals surface area contributed by atoms with E-state index in [4.69, 9.17) is 10.5 Å². The van der Waals surface area contributed by atoms with E-state index in [1.54, 1.807) is 12.1 Å². The lowest BCUT2D eigenvalue weighted by atomic mass is 10.0. The van der Waals surface area contributed by atoms with E-state index in [9.17, 15) is 9.18 Å². The fraction of sp³-hybridized carbons (Fsp3) is 0.533. The zero-order chi connectivity index (χ0) is 15.2. The van der Waals surface area contributed by atoms with Crippen LogP contribution in [0.25, 0.3) is 0 Å². The van der Waals surface area contributed by atoms with Crippen molar-refractivity contribution in [1.29, 1.82) is 0 Å². The van der Waals surface area contributed by atoms with Crippen LogP contribution in [0.2, 0.25) is 0 Å². The Balaban J connectivity index is 1.99. The van der Waals surface area contributed by atoms with Gasteiger partial charge in [0.1, 0.15) is 5.82 Å². The number of nitrogens with one attached hydrogen (secondary N) is 2. The van der Waals surface area contributed by atoms with Gasteiger partial charge in [0.25, 0.3) is 0 Å². The van der Waals surface area contributed by atoms with E-state index in [0.29, 0.717) is 36.7 Å². The van der Waals surface area contributed by atoms with Crippen LogP contribution in [0.15, 0.2) is 18.2 Å². The smallest absolute Gasteiger partial charge is 0.238 e. The van der Waals surface area contributed by atoms with Gasteiger partial charge in [0.05, 0.1) is 19.3 Å². The number of halogens is 1. The normalized spacial score (nSPS) is 22.0. The van der Waals surface area contributed by atoms with Crippen LogP contribution >= 0.6 is 0 Å². The molecule has 5 nitrogen and oxygen atoms in total. The third-order valence-corrected chi connectivity index (χ3v) is 3.57. The summed E-state index contributed by atoms with van der Waals surface area (Å²) in [4.78, 5) is 11.4. The minimum atomic E-state index is -0.328. The van der Waals surface area contributed by atoms with Gasteiger partial charge in [-0.05, 0) is 31.9 Å². The van der Waals surface area contributed by atoms with Crippen molar-refractivity contribution in [2.45, 2.75) is 31.9 Å². The first-order valence-electron chi connectivity index (χ1n) is 7.22. The molecule has 0 saturated carbocycles. The fourth-order valence-electron chi connectivity index (χ4n) is 2.35. The molecule has 0 aliphatic carbocycles. The molecule has 2 rings (SSSR count). The highest BCUT2D eigenvalue weighted by atomic mass is 19.1. The first-order chi connectivity index (χ1) is 10.1. The Hall–Kier alpha value is -1.50. The molecule has 1 heterocycles. The molecule has 0 spiro atoms. The third-order valence-electron chi connectivity index (χ3n) is 3.57. The lowest BCUT2D eigenvalue weighted by Gasteiger charge is -2.28. The summed E-state index contributed by atoms with van der Waals surface area (Å²) < 4.78 is 19.7. The van der Waals surface area contributed by atoms with Crippen LogP contribution in [-0.2, 0) is 16.0 Å². The van der Waals surface area contributed by atoms with E-state index in [1.807, 2.05) is 0 Å². The second-order valence-electron chi connectivity index (χ2n) is 5.32. The van der Waals surface area contributed by atoms with Crippen molar-refractivity contribution in [3.05, 3.63) is 29.6 Å². The van der Waals surface area contributed by atoms with Crippen molar-refractivity contribution >= 4 is 11.6 Å². The number of carbonyl (C=O) groups excluding carboxylic acids is 1. The summed E-state index contributed by atoms with van der Waals surface area (Å²) in [5.41, 5.74) is 6.27. The Bertz CT molecular complexity index is 488. The Morgan fingerprint density at radius 1 is 1.57 bits per heavy atom. The first-order valence-corrected chi connectivity index (χ1v) is 7.22. The molecule has 1 aromatic carbocycles. The van der Waals surface area contributed by atoms with Gasteiger partial charge in [-0.1, -0.05) is 6.07 Å². The summed E-state index contributed by atoms with van der Waals surface area (Å²) in [6, 6.07) is 5.02. The van der Waals surface area contributed by atoms with Gasteiger partial charge in [0.2, 0.25) is 5.91 Å². The van der Waals surface area contributed by atoms with E-state index in [-0.39, 0.29) is 24.4 Å². The number of anilines is 1. The number of amides is 1. The van der Waals surface area contributed by atoms with Crippen LogP contribution in [0.4, 0.5) is 10.1 Å².